The minimum Gasteiger partial charge on any atom is -0.324 e. The second kappa shape index (κ2) is 7.51. The van der Waals surface area contributed by atoms with Crippen molar-refractivity contribution < 1.29 is 4.79 Å². The molecular weight excluding hydrogens is 328 g/mol. The maximum Gasteiger partial charge on any atom is 0.228 e. The van der Waals surface area contributed by atoms with E-state index in [0.717, 1.165) is 29.2 Å². The molecule has 3 rings (SSSR count). The van der Waals surface area contributed by atoms with Crippen LogP contribution in [0.2, 0.25) is 0 Å². The zero-order valence-corrected chi connectivity index (χ0v) is 15.6. The standard InChI is InChI=1S/C19H24N6O/c1-13(2)10-24-15(4)16(14(3)23-24)9-19(26)22-17-7-5-6-8-18(17)25-12-20-11-21-25/h5-8,11-13H,9-10H2,1-4H3,(H,22,26). The average molecular weight is 352 g/mol. The maximum absolute atomic E-state index is 12.6. The van der Waals surface area contributed by atoms with Gasteiger partial charge in [-0.2, -0.15) is 10.2 Å². The van der Waals surface area contributed by atoms with Gasteiger partial charge in [-0.25, -0.2) is 9.67 Å². The quantitative estimate of drug-likeness (QED) is 0.740. The van der Waals surface area contributed by atoms with Crippen LogP contribution < -0.4 is 5.32 Å². The Labute approximate surface area is 153 Å². The summed E-state index contributed by atoms with van der Waals surface area (Å²) in [6.45, 7) is 9.14. The molecule has 1 aromatic carbocycles. The van der Waals surface area contributed by atoms with E-state index in [4.69, 9.17) is 0 Å². The molecule has 7 nitrogen and oxygen atoms in total. The second-order valence-electron chi connectivity index (χ2n) is 6.81. The van der Waals surface area contributed by atoms with Crippen LogP contribution in [0.1, 0.15) is 30.8 Å². The molecular formula is C19H24N6O. The molecule has 0 aliphatic heterocycles. The first kappa shape index (κ1) is 17.8. The van der Waals surface area contributed by atoms with Crippen molar-refractivity contribution in [3.63, 3.8) is 0 Å². The Bertz CT molecular complexity index is 895. The molecule has 0 aliphatic rings. The largest absolute Gasteiger partial charge is 0.324 e. The van der Waals surface area contributed by atoms with Gasteiger partial charge in [0.15, 0.2) is 0 Å². The summed E-state index contributed by atoms with van der Waals surface area (Å²) in [5.41, 5.74) is 4.43. The second-order valence-corrected chi connectivity index (χ2v) is 6.81. The van der Waals surface area contributed by atoms with Crippen molar-refractivity contribution in [3.8, 4) is 5.69 Å². The van der Waals surface area contributed by atoms with Gasteiger partial charge in [0.1, 0.15) is 12.7 Å². The van der Waals surface area contributed by atoms with E-state index in [1.807, 2.05) is 42.8 Å². The van der Waals surface area contributed by atoms with Gasteiger partial charge in [0.05, 0.1) is 23.5 Å². The molecule has 2 heterocycles. The first-order valence-electron chi connectivity index (χ1n) is 8.72. The monoisotopic (exact) mass is 352 g/mol. The number of aromatic nitrogens is 5. The zero-order valence-electron chi connectivity index (χ0n) is 15.6. The minimum atomic E-state index is -0.0761. The Kier molecular flexibility index (Phi) is 5.16. The molecule has 0 saturated heterocycles. The summed E-state index contributed by atoms with van der Waals surface area (Å²) >= 11 is 0. The van der Waals surface area contributed by atoms with Gasteiger partial charge in [-0.15, -0.1) is 0 Å². The highest BCUT2D eigenvalue weighted by molar-refractivity contribution is 5.94. The van der Waals surface area contributed by atoms with E-state index in [2.05, 4.69) is 34.3 Å². The molecule has 1 N–H and O–H groups in total. The molecule has 0 saturated carbocycles. The minimum absolute atomic E-state index is 0.0761. The molecule has 0 bridgehead atoms. The Balaban J connectivity index is 1.78. The number of amides is 1. The van der Waals surface area contributed by atoms with Crippen LogP contribution in [0.3, 0.4) is 0 Å². The van der Waals surface area contributed by atoms with Gasteiger partial charge in [-0.1, -0.05) is 26.0 Å². The van der Waals surface area contributed by atoms with Crippen LogP contribution in [-0.4, -0.2) is 30.5 Å². The van der Waals surface area contributed by atoms with Crippen molar-refractivity contribution in [2.45, 2.75) is 40.7 Å². The number of anilines is 1. The van der Waals surface area contributed by atoms with Gasteiger partial charge < -0.3 is 5.32 Å². The van der Waals surface area contributed by atoms with Crippen molar-refractivity contribution in [1.82, 2.24) is 24.5 Å². The van der Waals surface area contributed by atoms with E-state index in [0.29, 0.717) is 18.0 Å². The van der Waals surface area contributed by atoms with Gasteiger partial charge in [-0.3, -0.25) is 9.48 Å². The molecule has 3 aromatic rings. The maximum atomic E-state index is 12.6. The number of hydrogen-bond acceptors (Lipinski definition) is 4. The highest BCUT2D eigenvalue weighted by atomic mass is 16.1. The van der Waals surface area contributed by atoms with Crippen LogP contribution in [0.4, 0.5) is 5.69 Å². The smallest absolute Gasteiger partial charge is 0.228 e. The van der Waals surface area contributed by atoms with Crippen LogP contribution in [0.5, 0.6) is 0 Å². The highest BCUT2D eigenvalue weighted by Crippen LogP contribution is 2.20. The van der Waals surface area contributed by atoms with E-state index in [9.17, 15) is 4.79 Å². The Hall–Kier alpha value is -2.96. The Morgan fingerprint density at radius 1 is 1.23 bits per heavy atom. The predicted molar refractivity (Wildman–Crippen MR) is 100 cm³/mol. The van der Waals surface area contributed by atoms with Crippen LogP contribution in [0.25, 0.3) is 5.69 Å². The van der Waals surface area contributed by atoms with E-state index in [-0.39, 0.29) is 5.91 Å². The number of hydrogen-bond donors (Lipinski definition) is 1. The molecule has 7 heteroatoms. The number of benzene rings is 1. The molecule has 0 unspecified atom stereocenters. The molecule has 0 radical (unpaired) electrons. The average Bonchev–Trinajstić information content (AvgIpc) is 3.20. The van der Waals surface area contributed by atoms with E-state index >= 15 is 0 Å². The van der Waals surface area contributed by atoms with Crippen LogP contribution in [0, 0.1) is 19.8 Å². The number of nitrogens with zero attached hydrogens (tertiary/aromatic N) is 5. The number of aryl methyl sites for hydroxylation is 1. The Morgan fingerprint density at radius 3 is 2.69 bits per heavy atom. The normalized spacial score (nSPS) is 11.1. The molecule has 2 aromatic heterocycles. The predicted octanol–water partition coefficient (Wildman–Crippen LogP) is 2.92. The fourth-order valence-electron chi connectivity index (χ4n) is 2.98. The first-order valence-corrected chi connectivity index (χ1v) is 8.72. The third-order valence-electron chi connectivity index (χ3n) is 4.25. The third-order valence-corrected chi connectivity index (χ3v) is 4.25. The van der Waals surface area contributed by atoms with E-state index in [1.165, 1.54) is 6.33 Å². The van der Waals surface area contributed by atoms with Crippen LogP contribution in [0.15, 0.2) is 36.9 Å². The van der Waals surface area contributed by atoms with Crippen molar-refractivity contribution in [3.05, 3.63) is 53.9 Å². The molecule has 0 spiro atoms. The van der Waals surface area contributed by atoms with Gasteiger partial charge >= 0.3 is 0 Å². The Morgan fingerprint density at radius 2 is 2.00 bits per heavy atom. The SMILES string of the molecule is Cc1nn(CC(C)C)c(C)c1CC(=O)Nc1ccccc1-n1cncn1. The fraction of sp³-hybridized carbons (Fsp3) is 0.368. The molecule has 0 atom stereocenters. The van der Waals surface area contributed by atoms with Crippen molar-refractivity contribution in [2.24, 2.45) is 5.92 Å². The molecule has 1 amide bonds. The van der Waals surface area contributed by atoms with Crippen LogP contribution in [-0.2, 0) is 17.8 Å². The van der Waals surface area contributed by atoms with E-state index in [1.54, 1.807) is 11.0 Å². The fourth-order valence-corrected chi connectivity index (χ4v) is 2.98. The highest BCUT2D eigenvalue weighted by Gasteiger charge is 2.16. The third kappa shape index (κ3) is 3.82. The van der Waals surface area contributed by atoms with Gasteiger partial charge in [0.25, 0.3) is 0 Å². The lowest BCUT2D eigenvalue weighted by Crippen LogP contribution is -2.17. The van der Waals surface area contributed by atoms with Gasteiger partial charge in [-0.05, 0) is 31.9 Å². The zero-order chi connectivity index (χ0) is 18.7. The number of carbonyl (C=O) groups is 1. The summed E-state index contributed by atoms with van der Waals surface area (Å²) in [5.74, 6) is 0.428. The lowest BCUT2D eigenvalue weighted by atomic mass is 10.1. The summed E-state index contributed by atoms with van der Waals surface area (Å²) in [6.07, 6.45) is 3.37. The number of rotatable bonds is 6. The van der Waals surface area contributed by atoms with Gasteiger partial charge in [0.2, 0.25) is 5.91 Å². The molecule has 136 valence electrons. The molecule has 0 fully saturated rings. The lowest BCUT2D eigenvalue weighted by molar-refractivity contribution is -0.115. The summed E-state index contributed by atoms with van der Waals surface area (Å²) in [6, 6.07) is 7.53. The summed E-state index contributed by atoms with van der Waals surface area (Å²) < 4.78 is 3.62. The van der Waals surface area contributed by atoms with Gasteiger partial charge in [0, 0.05) is 17.8 Å². The summed E-state index contributed by atoms with van der Waals surface area (Å²) in [5, 5.41) is 11.7. The van der Waals surface area contributed by atoms with E-state index < -0.39 is 0 Å². The number of carbonyl (C=O) groups excluding carboxylic acids is 1. The first-order chi connectivity index (χ1) is 12.5. The molecule has 26 heavy (non-hydrogen) atoms. The van der Waals surface area contributed by atoms with Crippen molar-refractivity contribution >= 4 is 11.6 Å². The lowest BCUT2D eigenvalue weighted by Gasteiger charge is -2.11. The molecule has 0 aliphatic carbocycles. The topological polar surface area (TPSA) is 77.6 Å². The summed E-state index contributed by atoms with van der Waals surface area (Å²) in [4.78, 5) is 16.6. The summed E-state index contributed by atoms with van der Waals surface area (Å²) in [7, 11) is 0. The van der Waals surface area contributed by atoms with Crippen LogP contribution >= 0.6 is 0 Å². The van der Waals surface area contributed by atoms with Crippen molar-refractivity contribution in [2.75, 3.05) is 5.32 Å². The number of nitrogens with one attached hydrogen (secondary N) is 1. The number of para-hydroxylation sites is 2. The van der Waals surface area contributed by atoms with Crippen molar-refractivity contribution in [1.29, 1.82) is 0 Å².